The van der Waals surface area contributed by atoms with E-state index in [9.17, 15) is 14.7 Å². The molecule has 0 aliphatic heterocycles. The lowest BCUT2D eigenvalue weighted by atomic mass is 9.98. The fourth-order valence-electron chi connectivity index (χ4n) is 3.80. The first-order valence-electron chi connectivity index (χ1n) is 11.6. The van der Waals surface area contributed by atoms with E-state index in [0.29, 0.717) is 23.9 Å². The molecule has 2 heterocycles. The Morgan fingerprint density at radius 3 is 2.47 bits per heavy atom. The summed E-state index contributed by atoms with van der Waals surface area (Å²) < 4.78 is 5.15. The zero-order chi connectivity index (χ0) is 25.5. The number of nitrogens with zero attached hydrogens (tertiary/aromatic N) is 5. The van der Waals surface area contributed by atoms with Gasteiger partial charge in [-0.1, -0.05) is 61.9 Å². The van der Waals surface area contributed by atoms with Crippen LogP contribution < -0.4 is 4.90 Å². The van der Waals surface area contributed by atoms with Crippen LogP contribution in [-0.2, 0) is 22.5 Å². The number of rotatable bonds is 11. The van der Waals surface area contributed by atoms with Crippen molar-refractivity contribution in [2.24, 2.45) is 0 Å². The highest BCUT2D eigenvalue weighted by molar-refractivity contribution is 7.15. The van der Waals surface area contributed by atoms with Crippen molar-refractivity contribution < 1.29 is 19.4 Å². The number of nitrogens with one attached hydrogen (secondary N) is 1. The molecule has 0 atom stereocenters. The number of hydrogen-bond acceptors (Lipinski definition) is 9. The molecule has 36 heavy (non-hydrogen) atoms. The Kier molecular flexibility index (Phi) is 8.01. The molecular weight excluding hydrogens is 480 g/mol. The van der Waals surface area contributed by atoms with E-state index in [4.69, 9.17) is 4.74 Å². The minimum atomic E-state index is -0.981. The molecule has 2 aromatic heterocycles. The van der Waals surface area contributed by atoms with Gasteiger partial charge >= 0.3 is 11.9 Å². The lowest BCUT2D eigenvalue weighted by Gasteiger charge is -2.20. The van der Waals surface area contributed by atoms with E-state index in [2.05, 4.69) is 25.6 Å². The highest BCUT2D eigenvalue weighted by Gasteiger charge is 2.23. The normalized spacial score (nSPS) is 10.8. The number of H-pyrrole nitrogens is 1. The van der Waals surface area contributed by atoms with Crippen molar-refractivity contribution in [3.8, 4) is 22.5 Å². The van der Waals surface area contributed by atoms with Crippen LogP contribution in [0.2, 0.25) is 0 Å². The van der Waals surface area contributed by atoms with E-state index < -0.39 is 11.9 Å². The molecule has 0 bridgehead atoms. The first-order valence-corrected chi connectivity index (χ1v) is 12.4. The van der Waals surface area contributed by atoms with Crippen LogP contribution in [0.5, 0.6) is 0 Å². The fraction of sp³-hybridized carbons (Fsp3) is 0.280. The second-order valence-electron chi connectivity index (χ2n) is 7.97. The lowest BCUT2D eigenvalue weighted by molar-refractivity contribution is -0.135. The number of aromatic amines is 1. The number of hydrogen-bond donors (Lipinski definition) is 2. The Hall–Kier alpha value is -4.12. The van der Waals surface area contributed by atoms with Crippen molar-refractivity contribution in [3.63, 3.8) is 0 Å². The van der Waals surface area contributed by atoms with Crippen molar-refractivity contribution in [2.75, 3.05) is 18.1 Å². The lowest BCUT2D eigenvalue weighted by Crippen LogP contribution is -2.29. The molecule has 0 spiro atoms. The van der Waals surface area contributed by atoms with Gasteiger partial charge in [-0.25, -0.2) is 9.78 Å². The van der Waals surface area contributed by atoms with Crippen LogP contribution in [0.3, 0.4) is 0 Å². The summed E-state index contributed by atoms with van der Waals surface area (Å²) in [6.45, 7) is 4.08. The van der Waals surface area contributed by atoms with E-state index in [1.54, 1.807) is 11.8 Å². The summed E-state index contributed by atoms with van der Waals surface area (Å²) in [5.74, 6) is -0.958. The number of tetrazole rings is 1. The second-order valence-corrected chi connectivity index (χ2v) is 9.03. The quantitative estimate of drug-likeness (QED) is 0.287. The Morgan fingerprint density at radius 1 is 1.08 bits per heavy atom. The van der Waals surface area contributed by atoms with Crippen LogP contribution in [0.15, 0.2) is 48.5 Å². The van der Waals surface area contributed by atoms with Gasteiger partial charge in [0.15, 0.2) is 10.8 Å². The number of carbonyl (C=O) groups is 2. The van der Waals surface area contributed by atoms with E-state index in [1.807, 2.05) is 55.5 Å². The number of ether oxygens (including phenoxy) is 1. The number of aromatic nitrogens is 5. The van der Waals surface area contributed by atoms with Crippen molar-refractivity contribution in [1.29, 1.82) is 0 Å². The maximum atomic E-state index is 12.4. The van der Waals surface area contributed by atoms with Gasteiger partial charge in [-0.3, -0.25) is 4.79 Å². The Labute approximate surface area is 212 Å². The number of anilines is 1. The van der Waals surface area contributed by atoms with Gasteiger partial charge in [0.25, 0.3) is 0 Å². The summed E-state index contributed by atoms with van der Waals surface area (Å²) in [5.41, 5.74) is 3.94. The summed E-state index contributed by atoms with van der Waals surface area (Å²) in [5, 5.41) is 24.3. The minimum absolute atomic E-state index is 0.246. The van der Waals surface area contributed by atoms with Gasteiger partial charge in [0.05, 0.1) is 6.61 Å². The maximum absolute atomic E-state index is 12.4. The molecule has 0 radical (unpaired) electrons. The molecule has 0 aliphatic carbocycles. The molecule has 4 rings (SSSR count). The number of esters is 1. The van der Waals surface area contributed by atoms with Crippen molar-refractivity contribution in [3.05, 3.63) is 64.7 Å². The first kappa shape index (κ1) is 25.0. The average Bonchev–Trinajstić information content (AvgIpc) is 3.55. The molecule has 0 aliphatic rings. The third-order valence-corrected chi connectivity index (χ3v) is 6.56. The van der Waals surface area contributed by atoms with Gasteiger partial charge in [0.1, 0.15) is 6.54 Å². The second kappa shape index (κ2) is 11.5. The summed E-state index contributed by atoms with van der Waals surface area (Å²) in [6.07, 6.45) is 1.50. The van der Waals surface area contributed by atoms with Crippen LogP contribution in [0.4, 0.5) is 5.13 Å². The first-order chi connectivity index (χ1) is 17.5. The van der Waals surface area contributed by atoms with Gasteiger partial charge < -0.3 is 14.7 Å². The van der Waals surface area contributed by atoms with Crippen LogP contribution in [0.1, 0.15) is 41.2 Å². The third kappa shape index (κ3) is 5.74. The number of carbonyl (C=O) groups excluding carboxylic acids is 1. The predicted octanol–water partition coefficient (Wildman–Crippen LogP) is 4.21. The van der Waals surface area contributed by atoms with E-state index >= 15 is 0 Å². The zero-order valence-corrected chi connectivity index (χ0v) is 20.8. The van der Waals surface area contributed by atoms with Crippen molar-refractivity contribution >= 4 is 28.4 Å². The van der Waals surface area contributed by atoms with E-state index in [0.717, 1.165) is 33.6 Å². The molecule has 2 N–H and O–H groups in total. The van der Waals surface area contributed by atoms with Crippen LogP contribution in [0, 0.1) is 0 Å². The highest BCUT2D eigenvalue weighted by atomic mass is 32.1. The predicted molar refractivity (Wildman–Crippen MR) is 136 cm³/mol. The third-order valence-electron chi connectivity index (χ3n) is 5.38. The summed E-state index contributed by atoms with van der Waals surface area (Å²) in [7, 11) is 0. The Balaban J connectivity index is 1.60. The van der Waals surface area contributed by atoms with Gasteiger partial charge in [-0.15, -0.1) is 21.5 Å². The molecule has 4 aromatic rings. The molecule has 10 nitrogen and oxygen atoms in total. The highest BCUT2D eigenvalue weighted by Crippen LogP contribution is 2.32. The van der Waals surface area contributed by atoms with E-state index in [-0.39, 0.29) is 18.8 Å². The van der Waals surface area contributed by atoms with Gasteiger partial charge in [0, 0.05) is 17.0 Å². The fourth-order valence-corrected chi connectivity index (χ4v) is 4.95. The zero-order valence-electron chi connectivity index (χ0n) is 20.0. The molecular formula is C25H26N6O4S. The minimum Gasteiger partial charge on any atom is -0.480 e. The SMILES string of the molecule is CCCc1sc(N(CC(=O)O)Cc2ccc(-c3ccccc3-c3nn[nH]n3)cc2)nc1C(=O)OCC. The smallest absolute Gasteiger partial charge is 0.358 e. The van der Waals surface area contributed by atoms with E-state index in [1.165, 1.54) is 11.3 Å². The molecule has 186 valence electrons. The monoisotopic (exact) mass is 506 g/mol. The van der Waals surface area contributed by atoms with Crippen LogP contribution in [0.25, 0.3) is 22.5 Å². The van der Waals surface area contributed by atoms with Crippen molar-refractivity contribution in [2.45, 2.75) is 33.2 Å². The van der Waals surface area contributed by atoms with Gasteiger partial charge in [-0.05, 0) is 35.2 Å². The topological polar surface area (TPSA) is 134 Å². The van der Waals surface area contributed by atoms with Crippen LogP contribution >= 0.6 is 11.3 Å². The Morgan fingerprint density at radius 2 is 1.83 bits per heavy atom. The summed E-state index contributed by atoms with van der Waals surface area (Å²) in [4.78, 5) is 31.0. The number of aryl methyl sites for hydroxylation is 1. The molecule has 2 aromatic carbocycles. The van der Waals surface area contributed by atoms with Crippen LogP contribution in [-0.4, -0.2) is 55.8 Å². The maximum Gasteiger partial charge on any atom is 0.358 e. The largest absolute Gasteiger partial charge is 0.480 e. The average molecular weight is 507 g/mol. The number of aliphatic carboxylic acids is 1. The van der Waals surface area contributed by atoms with Gasteiger partial charge in [-0.2, -0.15) is 5.21 Å². The summed E-state index contributed by atoms with van der Waals surface area (Å²) >= 11 is 1.34. The number of thiazole rings is 1. The summed E-state index contributed by atoms with van der Waals surface area (Å²) in [6, 6.07) is 15.6. The van der Waals surface area contributed by atoms with Crippen molar-refractivity contribution in [1.82, 2.24) is 25.6 Å². The standard InChI is InChI=1S/C25H26N6O4S/c1-3-7-20-22(24(34)35-4-2)26-25(36-20)31(15-21(32)33)14-16-10-12-17(13-11-16)18-8-5-6-9-19(18)23-27-29-30-28-23/h5-6,8-13H,3-4,7,14-15H2,1-2H3,(H,32,33)(H,27,28,29,30). The number of carboxylic acid groups (broad SMARTS) is 1. The molecule has 11 heteroatoms. The van der Waals surface area contributed by atoms with Gasteiger partial charge in [0.2, 0.25) is 5.82 Å². The molecule has 0 saturated heterocycles. The Bertz CT molecular complexity index is 1320. The number of carboxylic acids is 1. The molecule has 0 unspecified atom stereocenters. The molecule has 0 saturated carbocycles. The number of benzene rings is 2. The molecule has 0 amide bonds. The molecule has 0 fully saturated rings.